The summed E-state index contributed by atoms with van der Waals surface area (Å²) in [6.45, 7) is 5.46. The lowest BCUT2D eigenvalue weighted by molar-refractivity contribution is -0.128. The van der Waals surface area contributed by atoms with Crippen molar-refractivity contribution in [1.29, 1.82) is 0 Å². The van der Waals surface area contributed by atoms with Crippen molar-refractivity contribution in [1.82, 2.24) is 16.0 Å². The van der Waals surface area contributed by atoms with Crippen molar-refractivity contribution in [3.63, 3.8) is 0 Å². The van der Waals surface area contributed by atoms with Crippen LogP contribution >= 0.6 is 11.6 Å². The number of rotatable bonds is 13. The summed E-state index contributed by atoms with van der Waals surface area (Å²) in [5.74, 6) is -1.25. The SMILES string of the molecule is CC(C)(C)OC(=O)NC(CCCCNC(=O)OCc1ccccc1Cl)C(=O)NC(Cc1ccccc1)C(N)=O. The third-order valence-electron chi connectivity index (χ3n) is 5.46. The Hall–Kier alpha value is -3.79. The van der Waals surface area contributed by atoms with Crippen molar-refractivity contribution in [2.75, 3.05) is 6.54 Å². The summed E-state index contributed by atoms with van der Waals surface area (Å²) in [4.78, 5) is 49.5. The highest BCUT2D eigenvalue weighted by Crippen LogP contribution is 2.15. The Morgan fingerprint density at radius 1 is 0.897 bits per heavy atom. The van der Waals surface area contributed by atoms with Gasteiger partial charge in [0.1, 0.15) is 24.3 Å². The predicted molar refractivity (Wildman–Crippen MR) is 148 cm³/mol. The highest BCUT2D eigenvalue weighted by molar-refractivity contribution is 6.31. The molecule has 0 saturated carbocycles. The zero-order valence-corrected chi connectivity index (χ0v) is 23.3. The van der Waals surface area contributed by atoms with Gasteiger partial charge in [0.15, 0.2) is 0 Å². The molecule has 2 atom stereocenters. The molecule has 0 heterocycles. The number of ether oxygens (including phenoxy) is 2. The number of carbonyl (C=O) groups excluding carboxylic acids is 4. The van der Waals surface area contributed by atoms with Gasteiger partial charge in [-0.3, -0.25) is 9.59 Å². The number of alkyl carbamates (subject to hydrolysis) is 2. The van der Waals surface area contributed by atoms with Crippen LogP contribution in [-0.4, -0.2) is 48.2 Å². The van der Waals surface area contributed by atoms with E-state index in [2.05, 4.69) is 16.0 Å². The largest absolute Gasteiger partial charge is 0.445 e. The summed E-state index contributed by atoms with van der Waals surface area (Å²) < 4.78 is 10.5. The molecule has 4 amide bonds. The topological polar surface area (TPSA) is 149 Å². The van der Waals surface area contributed by atoms with Crippen molar-refractivity contribution < 1.29 is 28.7 Å². The number of amides is 4. The van der Waals surface area contributed by atoms with Crippen LogP contribution in [0.15, 0.2) is 54.6 Å². The molecule has 2 aromatic carbocycles. The predicted octanol–water partition coefficient (Wildman–Crippen LogP) is 3.84. The first-order chi connectivity index (χ1) is 18.4. The van der Waals surface area contributed by atoms with Gasteiger partial charge in [0.2, 0.25) is 11.8 Å². The number of halogens is 1. The maximum Gasteiger partial charge on any atom is 0.408 e. The second kappa shape index (κ2) is 15.6. The van der Waals surface area contributed by atoms with E-state index in [0.29, 0.717) is 30.0 Å². The molecule has 0 aliphatic rings. The lowest BCUT2D eigenvalue weighted by atomic mass is 10.0. The lowest BCUT2D eigenvalue weighted by Crippen LogP contribution is -2.54. The number of unbranched alkanes of at least 4 members (excludes halogenated alkanes) is 1. The van der Waals surface area contributed by atoms with Gasteiger partial charge in [-0.15, -0.1) is 0 Å². The molecule has 0 aliphatic heterocycles. The average Bonchev–Trinajstić information content (AvgIpc) is 2.86. The molecule has 0 radical (unpaired) electrons. The summed E-state index contributed by atoms with van der Waals surface area (Å²) in [5.41, 5.74) is 6.29. The standard InChI is InChI=1S/C28H37ClN4O6/c1-28(2,3)39-27(37)33-22(25(35)32-23(24(30)34)17-19-11-5-4-6-12-19)15-9-10-16-31-26(36)38-18-20-13-7-8-14-21(20)29/h4-8,11-14,22-23H,9-10,15-18H2,1-3H3,(H2,30,34)(H,31,36)(H,32,35)(H,33,37). The number of hydrogen-bond donors (Lipinski definition) is 4. The van der Waals surface area contributed by atoms with E-state index >= 15 is 0 Å². The Kier molecular flexibility index (Phi) is 12.6. The molecule has 0 aliphatic carbocycles. The normalized spacial score (nSPS) is 12.5. The van der Waals surface area contributed by atoms with Crippen LogP contribution in [-0.2, 0) is 32.1 Å². The van der Waals surface area contributed by atoms with Gasteiger partial charge in [-0.1, -0.05) is 60.1 Å². The molecule has 5 N–H and O–H groups in total. The number of hydrogen-bond acceptors (Lipinski definition) is 6. The monoisotopic (exact) mass is 560 g/mol. The van der Waals surface area contributed by atoms with Gasteiger partial charge in [0.05, 0.1) is 0 Å². The number of nitrogens with one attached hydrogen (secondary N) is 3. The van der Waals surface area contributed by atoms with Gasteiger partial charge in [0.25, 0.3) is 0 Å². The van der Waals surface area contributed by atoms with Crippen molar-refractivity contribution in [2.24, 2.45) is 5.73 Å². The third-order valence-corrected chi connectivity index (χ3v) is 5.82. The van der Waals surface area contributed by atoms with Crippen LogP contribution in [0.1, 0.15) is 51.2 Å². The molecule has 0 aromatic heterocycles. The molecule has 39 heavy (non-hydrogen) atoms. The number of carbonyl (C=O) groups is 4. The molecule has 212 valence electrons. The summed E-state index contributed by atoms with van der Waals surface area (Å²) in [6.07, 6.45) is 0.0615. The molecule has 0 saturated heterocycles. The molecule has 0 spiro atoms. The fraction of sp³-hybridized carbons (Fsp3) is 0.429. The molecule has 0 fully saturated rings. The van der Waals surface area contributed by atoms with E-state index in [0.717, 1.165) is 5.56 Å². The first-order valence-corrected chi connectivity index (χ1v) is 13.1. The van der Waals surface area contributed by atoms with Crippen LogP contribution in [0.25, 0.3) is 0 Å². The van der Waals surface area contributed by atoms with E-state index < -0.39 is 41.7 Å². The minimum atomic E-state index is -0.982. The zero-order valence-electron chi connectivity index (χ0n) is 22.5. The Bertz CT molecular complexity index is 1110. The second-order valence-electron chi connectivity index (χ2n) is 9.94. The first kappa shape index (κ1) is 31.4. The molecular formula is C28H37ClN4O6. The van der Waals surface area contributed by atoms with E-state index in [-0.39, 0.29) is 19.4 Å². The molecule has 2 unspecified atom stereocenters. The Morgan fingerprint density at radius 3 is 2.21 bits per heavy atom. The van der Waals surface area contributed by atoms with Crippen molar-refractivity contribution in [2.45, 2.75) is 70.7 Å². The van der Waals surface area contributed by atoms with E-state index in [4.69, 9.17) is 26.8 Å². The highest BCUT2D eigenvalue weighted by Gasteiger charge is 2.27. The summed E-state index contributed by atoms with van der Waals surface area (Å²) >= 11 is 6.06. The third kappa shape index (κ3) is 12.5. The second-order valence-corrected chi connectivity index (χ2v) is 10.3. The zero-order chi connectivity index (χ0) is 28.8. The van der Waals surface area contributed by atoms with Gasteiger partial charge in [-0.25, -0.2) is 9.59 Å². The Morgan fingerprint density at radius 2 is 1.56 bits per heavy atom. The fourth-order valence-corrected chi connectivity index (χ4v) is 3.73. The van der Waals surface area contributed by atoms with Crippen LogP contribution in [0.3, 0.4) is 0 Å². The van der Waals surface area contributed by atoms with Crippen LogP contribution in [0, 0.1) is 0 Å². The minimum absolute atomic E-state index is 0.0393. The summed E-state index contributed by atoms with van der Waals surface area (Å²) in [7, 11) is 0. The molecule has 11 heteroatoms. The van der Waals surface area contributed by atoms with Gasteiger partial charge in [0, 0.05) is 23.6 Å². The molecule has 0 bridgehead atoms. The molecular weight excluding hydrogens is 524 g/mol. The number of primary amides is 1. The van der Waals surface area contributed by atoms with Crippen molar-refractivity contribution in [3.8, 4) is 0 Å². The van der Waals surface area contributed by atoms with Crippen molar-refractivity contribution in [3.05, 3.63) is 70.7 Å². The van der Waals surface area contributed by atoms with Gasteiger partial charge < -0.3 is 31.2 Å². The smallest absolute Gasteiger partial charge is 0.408 e. The average molecular weight is 561 g/mol. The highest BCUT2D eigenvalue weighted by atomic mass is 35.5. The van der Waals surface area contributed by atoms with Crippen molar-refractivity contribution >= 4 is 35.6 Å². The molecule has 2 rings (SSSR count). The van der Waals surface area contributed by atoms with Crippen LogP contribution in [0.2, 0.25) is 5.02 Å². The number of benzene rings is 2. The van der Waals surface area contributed by atoms with Gasteiger partial charge in [-0.05, 0) is 51.7 Å². The quantitative estimate of drug-likeness (QED) is 0.273. The molecule has 2 aromatic rings. The molecule has 10 nitrogen and oxygen atoms in total. The first-order valence-electron chi connectivity index (χ1n) is 12.7. The van der Waals surface area contributed by atoms with Gasteiger partial charge >= 0.3 is 12.2 Å². The van der Waals surface area contributed by atoms with E-state index in [1.807, 2.05) is 30.3 Å². The fourth-order valence-electron chi connectivity index (χ4n) is 3.54. The maximum atomic E-state index is 13.1. The Labute approximate surface area is 233 Å². The Balaban J connectivity index is 1.89. The van der Waals surface area contributed by atoms with E-state index in [1.54, 1.807) is 45.0 Å². The van der Waals surface area contributed by atoms with E-state index in [9.17, 15) is 19.2 Å². The van der Waals surface area contributed by atoms with Gasteiger partial charge in [-0.2, -0.15) is 0 Å². The summed E-state index contributed by atoms with van der Waals surface area (Å²) in [6, 6.07) is 14.3. The van der Waals surface area contributed by atoms with Crippen LogP contribution in [0.5, 0.6) is 0 Å². The number of nitrogens with two attached hydrogens (primary N) is 1. The van der Waals surface area contributed by atoms with Crippen LogP contribution < -0.4 is 21.7 Å². The van der Waals surface area contributed by atoms with Crippen LogP contribution in [0.4, 0.5) is 9.59 Å². The minimum Gasteiger partial charge on any atom is -0.445 e. The van der Waals surface area contributed by atoms with E-state index in [1.165, 1.54) is 0 Å². The summed E-state index contributed by atoms with van der Waals surface area (Å²) in [5, 5.41) is 8.37. The lowest BCUT2D eigenvalue weighted by Gasteiger charge is -2.25. The maximum absolute atomic E-state index is 13.1.